The Morgan fingerprint density at radius 1 is 1.41 bits per heavy atom. The molecule has 1 spiro atoms. The third-order valence-electron chi connectivity index (χ3n) is 3.72. The summed E-state index contributed by atoms with van der Waals surface area (Å²) >= 11 is 2.04. The molecule has 0 aromatic rings. The van der Waals surface area contributed by atoms with Gasteiger partial charge in [-0.15, -0.1) is 0 Å². The summed E-state index contributed by atoms with van der Waals surface area (Å²) in [6.07, 6.45) is 4.57. The third kappa shape index (κ3) is 4.12. The van der Waals surface area contributed by atoms with Crippen molar-refractivity contribution in [2.24, 2.45) is 0 Å². The Bertz CT molecular complexity index is 241. The molecule has 0 aromatic carbocycles. The highest BCUT2D eigenvalue weighted by atomic mass is 32.2. The smallest absolute Gasteiger partial charge is 0.0715 e. The van der Waals surface area contributed by atoms with Crippen LogP contribution in [-0.4, -0.2) is 47.0 Å². The van der Waals surface area contributed by atoms with Crippen molar-refractivity contribution in [2.45, 2.75) is 56.8 Å². The first kappa shape index (κ1) is 13.7. The Hall–Kier alpha value is 0.230. The highest BCUT2D eigenvalue weighted by molar-refractivity contribution is 7.99. The van der Waals surface area contributed by atoms with Gasteiger partial charge in [0.25, 0.3) is 0 Å². The van der Waals surface area contributed by atoms with Gasteiger partial charge < -0.3 is 15.2 Å². The van der Waals surface area contributed by atoms with Crippen LogP contribution >= 0.6 is 11.8 Å². The van der Waals surface area contributed by atoms with Gasteiger partial charge in [0.2, 0.25) is 0 Å². The van der Waals surface area contributed by atoms with Crippen LogP contribution in [0.1, 0.15) is 39.5 Å². The van der Waals surface area contributed by atoms with Gasteiger partial charge in [0.05, 0.1) is 11.2 Å². The Kier molecular flexibility index (Phi) is 4.40. The molecule has 1 atom stereocenters. The van der Waals surface area contributed by atoms with Gasteiger partial charge in [-0.05, 0) is 51.0 Å². The van der Waals surface area contributed by atoms with Crippen molar-refractivity contribution in [2.75, 3.05) is 24.7 Å². The minimum Gasteiger partial charge on any atom is -0.389 e. The van der Waals surface area contributed by atoms with Crippen LogP contribution in [0, 0.1) is 0 Å². The second-order valence-electron chi connectivity index (χ2n) is 6.03. The van der Waals surface area contributed by atoms with E-state index in [0.29, 0.717) is 12.6 Å². The molecule has 2 aliphatic heterocycles. The fraction of sp³-hybridized carbons (Fsp3) is 1.00. The number of thioether (sulfide) groups is 1. The lowest BCUT2D eigenvalue weighted by molar-refractivity contribution is -0.0947. The van der Waals surface area contributed by atoms with Crippen molar-refractivity contribution >= 4 is 11.8 Å². The summed E-state index contributed by atoms with van der Waals surface area (Å²) in [6.45, 7) is 5.25. The first-order valence-electron chi connectivity index (χ1n) is 6.67. The Labute approximate surface area is 109 Å². The third-order valence-corrected chi connectivity index (χ3v) is 4.71. The van der Waals surface area contributed by atoms with E-state index in [1.165, 1.54) is 24.3 Å². The van der Waals surface area contributed by atoms with Crippen LogP contribution in [0.15, 0.2) is 0 Å². The first-order valence-corrected chi connectivity index (χ1v) is 7.82. The van der Waals surface area contributed by atoms with E-state index in [2.05, 4.69) is 5.32 Å². The Balaban J connectivity index is 1.84. The lowest BCUT2D eigenvalue weighted by atomic mass is 9.85. The number of nitrogens with one attached hydrogen (secondary N) is 1. The summed E-state index contributed by atoms with van der Waals surface area (Å²) in [5.74, 6) is 2.47. The zero-order chi connectivity index (χ0) is 12.4. The predicted molar refractivity (Wildman–Crippen MR) is 72.6 cm³/mol. The fourth-order valence-corrected chi connectivity index (χ4v) is 3.92. The lowest BCUT2D eigenvalue weighted by Gasteiger charge is -2.44. The van der Waals surface area contributed by atoms with E-state index in [-0.39, 0.29) is 5.60 Å². The molecule has 1 unspecified atom stereocenters. The van der Waals surface area contributed by atoms with Crippen molar-refractivity contribution < 1.29 is 9.84 Å². The van der Waals surface area contributed by atoms with E-state index in [9.17, 15) is 5.11 Å². The van der Waals surface area contributed by atoms with Gasteiger partial charge in [-0.25, -0.2) is 0 Å². The van der Waals surface area contributed by atoms with Crippen LogP contribution in [0.3, 0.4) is 0 Å². The highest BCUT2D eigenvalue weighted by Gasteiger charge is 2.38. The molecule has 2 fully saturated rings. The maximum atomic E-state index is 9.75. The van der Waals surface area contributed by atoms with Gasteiger partial charge in [-0.3, -0.25) is 0 Å². The summed E-state index contributed by atoms with van der Waals surface area (Å²) in [5, 5.41) is 13.2. The second-order valence-corrected chi connectivity index (χ2v) is 7.25. The van der Waals surface area contributed by atoms with Crippen molar-refractivity contribution in [3.8, 4) is 0 Å². The standard InChI is InChI=1S/C13H25NO2S/c1-12(2,15)10-14-11-3-6-16-13(9-11)4-7-17-8-5-13/h11,14-15H,3-10H2,1-2H3. The number of rotatable bonds is 3. The van der Waals surface area contributed by atoms with Crippen molar-refractivity contribution in [3.63, 3.8) is 0 Å². The Morgan fingerprint density at radius 2 is 2.12 bits per heavy atom. The molecular formula is C13H25NO2S. The average Bonchev–Trinajstić information content (AvgIpc) is 2.27. The second kappa shape index (κ2) is 5.47. The minimum absolute atomic E-state index is 0.140. The van der Waals surface area contributed by atoms with Gasteiger partial charge in [-0.2, -0.15) is 11.8 Å². The van der Waals surface area contributed by atoms with Crippen LogP contribution in [-0.2, 0) is 4.74 Å². The predicted octanol–water partition coefficient (Wildman–Crippen LogP) is 1.79. The molecular weight excluding hydrogens is 234 g/mol. The van der Waals surface area contributed by atoms with E-state index in [0.717, 1.165) is 19.4 Å². The van der Waals surface area contributed by atoms with Crippen molar-refractivity contribution in [1.29, 1.82) is 0 Å². The first-order chi connectivity index (χ1) is 7.99. The van der Waals surface area contributed by atoms with E-state index in [1.54, 1.807) is 0 Å². The number of ether oxygens (including phenoxy) is 1. The molecule has 0 aliphatic carbocycles. The summed E-state index contributed by atoms with van der Waals surface area (Å²) in [7, 11) is 0. The molecule has 0 aromatic heterocycles. The zero-order valence-corrected chi connectivity index (χ0v) is 11.8. The van der Waals surface area contributed by atoms with Crippen LogP contribution in [0.5, 0.6) is 0 Å². The van der Waals surface area contributed by atoms with E-state index in [1.807, 2.05) is 25.6 Å². The number of aliphatic hydroxyl groups is 1. The molecule has 2 heterocycles. The van der Waals surface area contributed by atoms with Crippen LogP contribution in [0.25, 0.3) is 0 Å². The molecule has 2 N–H and O–H groups in total. The monoisotopic (exact) mass is 259 g/mol. The fourth-order valence-electron chi connectivity index (χ4n) is 2.69. The molecule has 0 bridgehead atoms. The number of hydrogen-bond donors (Lipinski definition) is 2. The van der Waals surface area contributed by atoms with Gasteiger partial charge in [0.15, 0.2) is 0 Å². The van der Waals surface area contributed by atoms with Gasteiger partial charge >= 0.3 is 0 Å². The molecule has 2 saturated heterocycles. The van der Waals surface area contributed by atoms with Crippen molar-refractivity contribution in [3.05, 3.63) is 0 Å². The van der Waals surface area contributed by atoms with E-state index >= 15 is 0 Å². The molecule has 0 saturated carbocycles. The molecule has 4 heteroatoms. The highest BCUT2D eigenvalue weighted by Crippen LogP contribution is 2.37. The van der Waals surface area contributed by atoms with Gasteiger partial charge in [-0.1, -0.05) is 0 Å². The summed E-state index contributed by atoms with van der Waals surface area (Å²) in [6, 6.07) is 0.512. The molecule has 17 heavy (non-hydrogen) atoms. The summed E-state index contributed by atoms with van der Waals surface area (Å²) < 4.78 is 6.05. The number of hydrogen-bond acceptors (Lipinski definition) is 4. The Morgan fingerprint density at radius 3 is 2.76 bits per heavy atom. The quantitative estimate of drug-likeness (QED) is 0.811. The topological polar surface area (TPSA) is 41.5 Å². The maximum Gasteiger partial charge on any atom is 0.0715 e. The lowest BCUT2D eigenvalue weighted by Crippen LogP contribution is -2.51. The molecule has 2 aliphatic rings. The van der Waals surface area contributed by atoms with Crippen LogP contribution in [0.4, 0.5) is 0 Å². The van der Waals surface area contributed by atoms with E-state index in [4.69, 9.17) is 4.74 Å². The summed E-state index contributed by atoms with van der Waals surface area (Å²) in [4.78, 5) is 0. The van der Waals surface area contributed by atoms with Gasteiger partial charge in [0.1, 0.15) is 0 Å². The maximum absolute atomic E-state index is 9.75. The summed E-state index contributed by atoms with van der Waals surface area (Å²) in [5.41, 5.74) is -0.478. The van der Waals surface area contributed by atoms with Crippen molar-refractivity contribution in [1.82, 2.24) is 5.32 Å². The molecule has 0 radical (unpaired) electrons. The van der Waals surface area contributed by atoms with Gasteiger partial charge in [0, 0.05) is 19.2 Å². The largest absolute Gasteiger partial charge is 0.389 e. The van der Waals surface area contributed by atoms with Crippen LogP contribution < -0.4 is 5.32 Å². The molecule has 0 amide bonds. The zero-order valence-electron chi connectivity index (χ0n) is 11.0. The molecule has 2 rings (SSSR count). The normalized spacial score (nSPS) is 29.5. The SMILES string of the molecule is CC(C)(O)CNC1CCOC2(CCSCC2)C1. The van der Waals surface area contributed by atoms with Crippen LogP contribution in [0.2, 0.25) is 0 Å². The minimum atomic E-state index is -0.617. The average molecular weight is 259 g/mol. The molecule has 100 valence electrons. The molecule has 3 nitrogen and oxygen atoms in total. The van der Waals surface area contributed by atoms with E-state index < -0.39 is 5.60 Å².